The van der Waals surface area contributed by atoms with Crippen molar-refractivity contribution in [1.82, 2.24) is 0 Å². The first-order valence-corrected chi connectivity index (χ1v) is 21.0. The summed E-state index contributed by atoms with van der Waals surface area (Å²) in [6.07, 6.45) is 0. The maximum Gasteiger partial charge on any atom is 0.135 e. The van der Waals surface area contributed by atoms with Crippen LogP contribution in [0.25, 0.3) is 66.4 Å². The second kappa shape index (κ2) is 12.1. The quantitative estimate of drug-likeness (QED) is 0.177. The largest absolute Gasteiger partial charge is 0.456 e. The van der Waals surface area contributed by atoms with Gasteiger partial charge in [-0.2, -0.15) is 0 Å². The van der Waals surface area contributed by atoms with Gasteiger partial charge in [0.2, 0.25) is 0 Å². The molecule has 282 valence electrons. The summed E-state index contributed by atoms with van der Waals surface area (Å²) in [5, 5.41) is 2.22. The molecule has 2 heteroatoms. The molecule has 0 fully saturated rings. The maximum absolute atomic E-state index is 6.43. The molecule has 3 aliphatic carbocycles. The van der Waals surface area contributed by atoms with Crippen LogP contribution in [0.3, 0.4) is 0 Å². The van der Waals surface area contributed by atoms with Crippen molar-refractivity contribution < 1.29 is 4.42 Å². The highest BCUT2D eigenvalue weighted by molar-refractivity contribution is 6.08. The van der Waals surface area contributed by atoms with E-state index in [1.807, 2.05) is 0 Å². The van der Waals surface area contributed by atoms with Crippen LogP contribution in [0, 0.1) is 0 Å². The summed E-state index contributed by atoms with van der Waals surface area (Å²) in [6.45, 7) is 4.82. The van der Waals surface area contributed by atoms with E-state index in [-0.39, 0.29) is 10.8 Å². The number of anilines is 3. The average molecular weight is 766 g/mol. The number of benzene rings is 9. The lowest BCUT2D eigenvalue weighted by Gasteiger charge is -2.31. The van der Waals surface area contributed by atoms with E-state index >= 15 is 0 Å². The van der Waals surface area contributed by atoms with Gasteiger partial charge in [0.15, 0.2) is 0 Å². The lowest BCUT2D eigenvalue weighted by molar-refractivity contribution is 0.660. The zero-order valence-electron chi connectivity index (χ0n) is 33.4. The van der Waals surface area contributed by atoms with Crippen LogP contribution in [-0.4, -0.2) is 0 Å². The molecule has 0 amide bonds. The van der Waals surface area contributed by atoms with Crippen molar-refractivity contribution >= 4 is 39.0 Å². The van der Waals surface area contributed by atoms with Gasteiger partial charge in [0, 0.05) is 33.2 Å². The van der Waals surface area contributed by atoms with E-state index in [2.05, 4.69) is 219 Å². The molecule has 0 unspecified atom stereocenters. The van der Waals surface area contributed by atoms with E-state index in [4.69, 9.17) is 4.42 Å². The molecular formula is C58H39NO. The van der Waals surface area contributed by atoms with Gasteiger partial charge < -0.3 is 9.32 Å². The molecule has 0 aliphatic heterocycles. The van der Waals surface area contributed by atoms with E-state index in [1.165, 1.54) is 77.9 Å². The molecule has 2 nitrogen and oxygen atoms in total. The molecule has 10 aromatic rings. The Labute approximate surface area is 349 Å². The fourth-order valence-corrected chi connectivity index (χ4v) is 11.3. The lowest BCUT2D eigenvalue weighted by atomic mass is 9.70. The number of para-hydroxylation sites is 1. The average Bonchev–Trinajstić information content (AvgIpc) is 3.99. The number of rotatable bonds is 4. The fraction of sp³-hybridized carbons (Fsp3) is 0.0690. The molecule has 0 saturated heterocycles. The number of hydrogen-bond donors (Lipinski definition) is 0. The molecule has 9 aromatic carbocycles. The van der Waals surface area contributed by atoms with Gasteiger partial charge in [0.25, 0.3) is 0 Å². The van der Waals surface area contributed by atoms with Crippen LogP contribution in [0.15, 0.2) is 205 Å². The van der Waals surface area contributed by atoms with Gasteiger partial charge in [-0.3, -0.25) is 0 Å². The molecular weight excluding hydrogens is 727 g/mol. The highest BCUT2D eigenvalue weighted by Gasteiger charge is 2.53. The summed E-state index contributed by atoms with van der Waals surface area (Å²) in [4.78, 5) is 2.40. The predicted molar refractivity (Wildman–Crippen MR) is 248 cm³/mol. The second-order valence-electron chi connectivity index (χ2n) is 17.2. The van der Waals surface area contributed by atoms with Crippen molar-refractivity contribution in [2.75, 3.05) is 4.90 Å². The molecule has 0 bridgehead atoms. The van der Waals surface area contributed by atoms with Gasteiger partial charge >= 0.3 is 0 Å². The third kappa shape index (κ3) is 4.32. The molecule has 3 aliphatic rings. The van der Waals surface area contributed by atoms with Crippen molar-refractivity contribution in [2.24, 2.45) is 0 Å². The van der Waals surface area contributed by atoms with Crippen LogP contribution in [0.2, 0.25) is 0 Å². The van der Waals surface area contributed by atoms with Crippen molar-refractivity contribution in [1.29, 1.82) is 0 Å². The summed E-state index contributed by atoms with van der Waals surface area (Å²) in [5.74, 6) is 0. The van der Waals surface area contributed by atoms with Crippen LogP contribution in [0.5, 0.6) is 0 Å². The summed E-state index contributed by atoms with van der Waals surface area (Å²) < 4.78 is 6.43. The normalized spacial score (nSPS) is 14.4. The number of fused-ring (bicyclic) bond motifs is 17. The Kier molecular flexibility index (Phi) is 6.74. The third-order valence-electron chi connectivity index (χ3n) is 13.9. The van der Waals surface area contributed by atoms with Crippen LogP contribution >= 0.6 is 0 Å². The highest BCUT2D eigenvalue weighted by atomic mass is 16.3. The first-order valence-electron chi connectivity index (χ1n) is 21.0. The first-order chi connectivity index (χ1) is 29.5. The minimum Gasteiger partial charge on any atom is -0.456 e. The molecule has 0 radical (unpaired) electrons. The molecule has 1 aromatic heterocycles. The third-order valence-corrected chi connectivity index (χ3v) is 13.9. The van der Waals surface area contributed by atoms with Crippen molar-refractivity contribution in [3.05, 3.63) is 234 Å². The van der Waals surface area contributed by atoms with Gasteiger partial charge in [-0.05, 0) is 132 Å². The van der Waals surface area contributed by atoms with E-state index < -0.39 is 0 Å². The van der Waals surface area contributed by atoms with Gasteiger partial charge in [-0.15, -0.1) is 0 Å². The Morgan fingerprint density at radius 2 is 0.867 bits per heavy atom. The van der Waals surface area contributed by atoms with Gasteiger partial charge in [0.1, 0.15) is 11.2 Å². The van der Waals surface area contributed by atoms with Crippen LogP contribution in [0.4, 0.5) is 17.1 Å². The Hall–Kier alpha value is -7.42. The minimum atomic E-state index is -0.372. The van der Waals surface area contributed by atoms with Crippen LogP contribution < -0.4 is 4.90 Å². The molecule has 1 heterocycles. The van der Waals surface area contributed by atoms with Crippen LogP contribution in [-0.2, 0) is 10.8 Å². The second-order valence-corrected chi connectivity index (χ2v) is 17.2. The lowest BCUT2D eigenvalue weighted by Crippen LogP contribution is -2.26. The van der Waals surface area contributed by atoms with E-state index in [0.717, 1.165) is 39.0 Å². The fourth-order valence-electron chi connectivity index (χ4n) is 11.3. The minimum absolute atomic E-state index is 0.229. The maximum atomic E-state index is 6.43. The zero-order valence-corrected chi connectivity index (χ0v) is 33.4. The highest BCUT2D eigenvalue weighted by Crippen LogP contribution is 2.66. The Bertz CT molecular complexity index is 3360. The van der Waals surface area contributed by atoms with Crippen molar-refractivity contribution in [3.63, 3.8) is 0 Å². The Balaban J connectivity index is 1.01. The summed E-state index contributed by atoms with van der Waals surface area (Å²) >= 11 is 0. The van der Waals surface area contributed by atoms with Gasteiger partial charge in [0.05, 0.1) is 5.41 Å². The summed E-state index contributed by atoms with van der Waals surface area (Å²) in [5.41, 5.74) is 23.2. The van der Waals surface area contributed by atoms with Gasteiger partial charge in [-0.1, -0.05) is 159 Å². The standard InChI is InChI=1S/C58H39NO/c1-57(2)50-29-30-51-56(43-21-11-14-24-49(43)58(51)47-22-12-9-19-41(47)42-20-10-13-23-48(42)58)55(50)44-28-26-40(35-52(44)57)59(38-17-7-4-8-18-38)39-27-32-54-46(34-39)45-33-37(25-31-53(45)60-54)36-15-5-3-6-16-36/h3-35H,1-2H3. The van der Waals surface area contributed by atoms with Crippen molar-refractivity contribution in [2.45, 2.75) is 24.7 Å². The first kappa shape index (κ1) is 33.5. The Morgan fingerprint density at radius 3 is 1.58 bits per heavy atom. The molecule has 0 N–H and O–H groups in total. The van der Waals surface area contributed by atoms with Crippen molar-refractivity contribution in [3.8, 4) is 44.5 Å². The summed E-state index contributed by atoms with van der Waals surface area (Å²) in [7, 11) is 0. The predicted octanol–water partition coefficient (Wildman–Crippen LogP) is 15.4. The van der Waals surface area contributed by atoms with E-state index in [0.29, 0.717) is 0 Å². The smallest absolute Gasteiger partial charge is 0.135 e. The zero-order chi connectivity index (χ0) is 39.7. The molecule has 13 rings (SSSR count). The van der Waals surface area contributed by atoms with E-state index in [9.17, 15) is 0 Å². The topological polar surface area (TPSA) is 16.4 Å². The molecule has 1 spiro atoms. The SMILES string of the molecule is CC1(C)c2cc(N(c3ccccc3)c3ccc4oc5ccc(-c6ccccc6)cc5c4c3)ccc2-c2c1ccc1c2-c2ccccc2C12c1ccccc1-c1ccccc12. The van der Waals surface area contributed by atoms with E-state index in [1.54, 1.807) is 0 Å². The number of furan rings is 1. The number of hydrogen-bond acceptors (Lipinski definition) is 2. The van der Waals surface area contributed by atoms with Crippen LogP contribution in [0.1, 0.15) is 47.2 Å². The molecule has 0 atom stereocenters. The summed E-state index contributed by atoms with van der Waals surface area (Å²) in [6, 6.07) is 73.9. The number of nitrogens with zero attached hydrogens (tertiary/aromatic N) is 1. The molecule has 0 saturated carbocycles. The van der Waals surface area contributed by atoms with Gasteiger partial charge in [-0.25, -0.2) is 0 Å². The monoisotopic (exact) mass is 765 g/mol. The molecule has 60 heavy (non-hydrogen) atoms. The Morgan fingerprint density at radius 1 is 0.350 bits per heavy atom.